The molecular weight excluding hydrogens is 451 g/mol. The molecule has 2 saturated heterocycles. The number of aromatic amines is 1. The fourth-order valence-corrected chi connectivity index (χ4v) is 4.93. The van der Waals surface area contributed by atoms with E-state index in [1.165, 1.54) is 6.07 Å². The molecule has 0 saturated carbocycles. The van der Waals surface area contributed by atoms with Crippen molar-refractivity contribution in [2.24, 2.45) is 0 Å². The van der Waals surface area contributed by atoms with Gasteiger partial charge in [-0.3, -0.25) is 0 Å². The SMILES string of the molecule is Fc1ccc2[nH]ccc2c1-c1nc(N2CCOCC2)c2oc3ncc(N4CCOCC4)cc3c2n1. The second kappa shape index (κ2) is 8.17. The van der Waals surface area contributed by atoms with Crippen LogP contribution in [0.3, 0.4) is 0 Å². The van der Waals surface area contributed by atoms with Crippen LogP contribution in [0.1, 0.15) is 0 Å². The first-order chi connectivity index (χ1) is 17.3. The highest BCUT2D eigenvalue weighted by Gasteiger charge is 2.25. The van der Waals surface area contributed by atoms with Crippen LogP contribution in [0.5, 0.6) is 0 Å². The van der Waals surface area contributed by atoms with Crippen molar-refractivity contribution in [3.63, 3.8) is 0 Å². The molecule has 9 nitrogen and oxygen atoms in total. The van der Waals surface area contributed by atoms with Gasteiger partial charge < -0.3 is 28.7 Å². The summed E-state index contributed by atoms with van der Waals surface area (Å²) in [6, 6.07) is 7.07. The number of hydrogen-bond acceptors (Lipinski definition) is 8. The normalized spacial score (nSPS) is 17.2. The van der Waals surface area contributed by atoms with Gasteiger partial charge in [-0.05, 0) is 24.3 Å². The molecule has 6 heterocycles. The molecule has 0 bridgehead atoms. The molecule has 0 spiro atoms. The average molecular weight is 474 g/mol. The number of halogens is 1. The number of hydrogen-bond donors (Lipinski definition) is 1. The van der Waals surface area contributed by atoms with E-state index in [1.807, 2.05) is 18.3 Å². The number of H-pyrrole nitrogens is 1. The number of ether oxygens (including phenoxy) is 2. The Labute approximate surface area is 199 Å². The van der Waals surface area contributed by atoms with Crippen LogP contribution in [0.2, 0.25) is 0 Å². The van der Waals surface area contributed by atoms with Crippen molar-refractivity contribution >= 4 is 44.6 Å². The largest absolute Gasteiger partial charge is 0.432 e. The van der Waals surface area contributed by atoms with Crippen LogP contribution in [0.15, 0.2) is 41.1 Å². The van der Waals surface area contributed by atoms with Crippen molar-refractivity contribution < 1.29 is 18.3 Å². The number of fused-ring (bicyclic) bond motifs is 4. The Morgan fingerprint density at radius 2 is 1.66 bits per heavy atom. The second-order valence-electron chi connectivity index (χ2n) is 8.76. The topological polar surface area (TPSA) is 92.5 Å². The predicted octanol–water partition coefficient (Wildman–Crippen LogP) is 3.73. The maximum atomic E-state index is 15.2. The van der Waals surface area contributed by atoms with Crippen LogP contribution in [0, 0.1) is 5.82 Å². The molecule has 2 fully saturated rings. The molecule has 178 valence electrons. The van der Waals surface area contributed by atoms with Gasteiger partial charge in [-0.2, -0.15) is 0 Å². The lowest BCUT2D eigenvalue weighted by atomic mass is 10.1. The highest BCUT2D eigenvalue weighted by Crippen LogP contribution is 2.38. The first kappa shape index (κ1) is 20.6. The maximum Gasteiger partial charge on any atom is 0.229 e. The van der Waals surface area contributed by atoms with Gasteiger partial charge in [-0.25, -0.2) is 19.3 Å². The zero-order valence-corrected chi connectivity index (χ0v) is 19.0. The summed E-state index contributed by atoms with van der Waals surface area (Å²) in [6.45, 7) is 5.43. The number of anilines is 2. The van der Waals surface area contributed by atoms with Crippen molar-refractivity contribution in [3.8, 4) is 11.4 Å². The van der Waals surface area contributed by atoms with E-state index >= 15 is 4.39 Å². The van der Waals surface area contributed by atoms with E-state index in [0.717, 1.165) is 35.1 Å². The van der Waals surface area contributed by atoms with E-state index in [1.54, 1.807) is 12.3 Å². The van der Waals surface area contributed by atoms with Gasteiger partial charge in [0.25, 0.3) is 0 Å². The molecule has 4 aromatic heterocycles. The molecule has 1 aromatic carbocycles. The van der Waals surface area contributed by atoms with Crippen LogP contribution in [0.25, 0.3) is 44.5 Å². The lowest BCUT2D eigenvalue weighted by molar-refractivity contribution is 0.122. The monoisotopic (exact) mass is 474 g/mol. The zero-order valence-electron chi connectivity index (χ0n) is 19.0. The Kier molecular flexibility index (Phi) is 4.81. The number of benzene rings is 1. The molecule has 0 atom stereocenters. The van der Waals surface area contributed by atoms with Gasteiger partial charge in [0, 0.05) is 43.3 Å². The number of aromatic nitrogens is 4. The Morgan fingerprint density at radius 3 is 2.46 bits per heavy atom. The Balaban J connectivity index is 1.48. The van der Waals surface area contributed by atoms with Crippen LogP contribution in [-0.4, -0.2) is 72.5 Å². The molecule has 10 heteroatoms. The predicted molar refractivity (Wildman–Crippen MR) is 130 cm³/mol. The van der Waals surface area contributed by atoms with Gasteiger partial charge in [0.05, 0.1) is 49.3 Å². The minimum atomic E-state index is -0.371. The molecule has 2 aliphatic heterocycles. The van der Waals surface area contributed by atoms with Crippen molar-refractivity contribution in [2.45, 2.75) is 0 Å². The van der Waals surface area contributed by atoms with E-state index < -0.39 is 0 Å². The Hall–Kier alpha value is -3.76. The summed E-state index contributed by atoms with van der Waals surface area (Å²) < 4.78 is 32.5. The van der Waals surface area contributed by atoms with Crippen LogP contribution in [-0.2, 0) is 9.47 Å². The van der Waals surface area contributed by atoms with Crippen LogP contribution < -0.4 is 9.80 Å². The van der Waals surface area contributed by atoms with E-state index in [9.17, 15) is 0 Å². The molecule has 1 N–H and O–H groups in total. The summed E-state index contributed by atoms with van der Waals surface area (Å²) in [6.07, 6.45) is 3.61. The van der Waals surface area contributed by atoms with Crippen molar-refractivity contribution in [2.75, 3.05) is 62.4 Å². The van der Waals surface area contributed by atoms with Gasteiger partial charge in [0.2, 0.25) is 5.71 Å². The number of morpholine rings is 2. The van der Waals surface area contributed by atoms with Crippen molar-refractivity contribution in [1.82, 2.24) is 19.9 Å². The molecule has 35 heavy (non-hydrogen) atoms. The Bertz CT molecular complexity index is 1550. The summed E-state index contributed by atoms with van der Waals surface area (Å²) in [5, 5.41) is 1.51. The quantitative estimate of drug-likeness (QED) is 0.423. The van der Waals surface area contributed by atoms with Gasteiger partial charge in [0.1, 0.15) is 11.3 Å². The molecule has 5 aromatic rings. The number of rotatable bonds is 3. The molecule has 7 rings (SSSR count). The lowest BCUT2D eigenvalue weighted by Crippen LogP contribution is -2.37. The fraction of sp³-hybridized carbons (Fsp3) is 0.320. The fourth-order valence-electron chi connectivity index (χ4n) is 4.93. The van der Waals surface area contributed by atoms with E-state index in [-0.39, 0.29) is 5.82 Å². The standard InChI is InChI=1S/C25H23FN6O3/c26-18-1-2-19-16(3-4-27-19)20(18)23-29-21-17-13-15(31-5-9-33-10-6-31)14-28-25(17)35-22(21)24(30-23)32-7-11-34-12-8-32/h1-4,13-14,27H,5-12H2. The maximum absolute atomic E-state index is 15.2. The Morgan fingerprint density at radius 1 is 0.886 bits per heavy atom. The van der Waals surface area contributed by atoms with E-state index in [2.05, 4.69) is 19.8 Å². The van der Waals surface area contributed by atoms with Gasteiger partial charge in [0.15, 0.2) is 17.2 Å². The number of nitrogens with one attached hydrogen (secondary N) is 1. The van der Waals surface area contributed by atoms with E-state index in [4.69, 9.17) is 23.9 Å². The second-order valence-corrected chi connectivity index (χ2v) is 8.76. The van der Waals surface area contributed by atoms with E-state index in [0.29, 0.717) is 73.5 Å². The lowest BCUT2D eigenvalue weighted by Gasteiger charge is -2.28. The third kappa shape index (κ3) is 3.40. The molecule has 0 unspecified atom stereocenters. The number of furan rings is 1. The molecule has 0 radical (unpaired) electrons. The first-order valence-electron chi connectivity index (χ1n) is 11.8. The minimum Gasteiger partial charge on any atom is -0.432 e. The molecule has 0 amide bonds. The highest BCUT2D eigenvalue weighted by atomic mass is 19.1. The van der Waals surface area contributed by atoms with Gasteiger partial charge in [-0.15, -0.1) is 0 Å². The summed E-state index contributed by atoms with van der Waals surface area (Å²) >= 11 is 0. The number of nitrogens with zero attached hydrogens (tertiary/aromatic N) is 5. The molecular formula is C25H23FN6O3. The van der Waals surface area contributed by atoms with Gasteiger partial charge in [-0.1, -0.05) is 0 Å². The summed E-state index contributed by atoms with van der Waals surface area (Å²) in [5.74, 6) is 0.580. The summed E-state index contributed by atoms with van der Waals surface area (Å²) in [5.41, 5.74) is 3.84. The molecule has 2 aliphatic rings. The highest BCUT2D eigenvalue weighted by molar-refractivity contribution is 6.07. The van der Waals surface area contributed by atoms with Crippen LogP contribution >= 0.6 is 0 Å². The molecule has 0 aliphatic carbocycles. The number of pyridine rings is 1. The first-order valence-corrected chi connectivity index (χ1v) is 11.8. The third-order valence-corrected chi connectivity index (χ3v) is 6.73. The minimum absolute atomic E-state index is 0.321. The van der Waals surface area contributed by atoms with Crippen molar-refractivity contribution in [1.29, 1.82) is 0 Å². The zero-order chi connectivity index (χ0) is 23.4. The summed E-state index contributed by atoms with van der Waals surface area (Å²) in [4.78, 5) is 21.8. The van der Waals surface area contributed by atoms with Crippen molar-refractivity contribution in [3.05, 3.63) is 42.5 Å². The summed E-state index contributed by atoms with van der Waals surface area (Å²) in [7, 11) is 0. The third-order valence-electron chi connectivity index (χ3n) is 6.73. The smallest absolute Gasteiger partial charge is 0.229 e. The van der Waals surface area contributed by atoms with Gasteiger partial charge >= 0.3 is 0 Å². The van der Waals surface area contributed by atoms with Crippen LogP contribution in [0.4, 0.5) is 15.9 Å². The average Bonchev–Trinajstić information content (AvgIpc) is 3.53.